The van der Waals surface area contributed by atoms with Gasteiger partial charge in [0.05, 0.1) is 18.7 Å². The number of aliphatic hydroxyl groups is 1. The third-order valence-corrected chi connectivity index (χ3v) is 6.85. The van der Waals surface area contributed by atoms with Crippen molar-refractivity contribution in [3.8, 4) is 5.75 Å². The minimum absolute atomic E-state index is 0.0910. The number of aliphatic hydroxyl groups excluding tert-OH is 1. The van der Waals surface area contributed by atoms with Gasteiger partial charge in [-0.3, -0.25) is 9.59 Å². The van der Waals surface area contributed by atoms with Crippen LogP contribution in [0.5, 0.6) is 5.75 Å². The predicted octanol–water partition coefficient (Wildman–Crippen LogP) is 5.58. The molecule has 1 amide bonds. The zero-order valence-electron chi connectivity index (χ0n) is 19.7. The Bertz CT molecular complexity index is 1460. The predicted molar refractivity (Wildman–Crippen MR) is 139 cm³/mol. The van der Waals surface area contributed by atoms with Crippen LogP contribution in [0, 0.1) is 0 Å². The summed E-state index contributed by atoms with van der Waals surface area (Å²) in [5, 5.41) is 12.4. The molecule has 7 heteroatoms. The number of carbonyl (C=O) groups is 2. The first-order valence-electron chi connectivity index (χ1n) is 11.7. The summed E-state index contributed by atoms with van der Waals surface area (Å²) in [6, 6.07) is 21.4. The van der Waals surface area contributed by atoms with Crippen molar-refractivity contribution in [1.29, 1.82) is 0 Å². The monoisotopic (exact) mass is 500 g/mol. The molecule has 1 atom stereocenters. The number of nitrogens with one attached hydrogen (secondary N) is 1. The smallest absolute Gasteiger partial charge is 0.290 e. The summed E-state index contributed by atoms with van der Waals surface area (Å²) in [6.07, 6.45) is 2.53. The molecule has 0 aliphatic carbocycles. The van der Waals surface area contributed by atoms with Gasteiger partial charge in [-0.05, 0) is 53.4 Å². The molecule has 1 aliphatic heterocycles. The Labute approximate surface area is 213 Å². The van der Waals surface area contributed by atoms with E-state index in [2.05, 4.69) is 4.98 Å². The summed E-state index contributed by atoms with van der Waals surface area (Å²) in [6.45, 7) is 0.308. The number of ether oxygens (including phenoxy) is 1. The van der Waals surface area contributed by atoms with Crippen molar-refractivity contribution in [3.63, 3.8) is 0 Å². The number of methoxy groups -OCH3 is 1. The minimum Gasteiger partial charge on any atom is -0.503 e. The summed E-state index contributed by atoms with van der Waals surface area (Å²) < 4.78 is 5.36. The van der Waals surface area contributed by atoms with E-state index in [1.165, 1.54) is 0 Å². The molecule has 0 bridgehead atoms. The van der Waals surface area contributed by atoms with E-state index in [-0.39, 0.29) is 17.8 Å². The maximum absolute atomic E-state index is 13.4. The Hall–Kier alpha value is -4.03. The molecular weight excluding hydrogens is 476 g/mol. The highest BCUT2D eigenvalue weighted by molar-refractivity contribution is 6.30. The van der Waals surface area contributed by atoms with Crippen molar-refractivity contribution in [1.82, 2.24) is 9.88 Å². The van der Waals surface area contributed by atoms with Crippen molar-refractivity contribution in [2.75, 3.05) is 13.7 Å². The SMILES string of the molecule is COc1ccc2[nH]cc(CCN3C(=O)C(O)=C(C(=O)Cc4ccccc4)C3c3ccc(Cl)cc3)c2c1. The van der Waals surface area contributed by atoms with E-state index in [0.29, 0.717) is 23.6 Å². The third-order valence-electron chi connectivity index (χ3n) is 6.59. The number of hydrogen-bond donors (Lipinski definition) is 2. The van der Waals surface area contributed by atoms with Gasteiger partial charge >= 0.3 is 0 Å². The van der Waals surface area contributed by atoms with E-state index in [1.54, 1.807) is 36.3 Å². The molecule has 182 valence electrons. The van der Waals surface area contributed by atoms with E-state index >= 15 is 0 Å². The molecule has 0 fully saturated rings. The lowest BCUT2D eigenvalue weighted by Gasteiger charge is -2.27. The lowest BCUT2D eigenvalue weighted by Crippen LogP contribution is -2.33. The molecule has 0 radical (unpaired) electrons. The van der Waals surface area contributed by atoms with E-state index in [0.717, 1.165) is 27.8 Å². The Balaban J connectivity index is 1.47. The Morgan fingerprint density at radius 3 is 2.56 bits per heavy atom. The van der Waals surface area contributed by atoms with Gasteiger partial charge in [0.2, 0.25) is 0 Å². The van der Waals surface area contributed by atoms with Crippen molar-refractivity contribution >= 4 is 34.2 Å². The number of nitrogens with zero attached hydrogens (tertiary/aromatic N) is 1. The highest BCUT2D eigenvalue weighted by Gasteiger charge is 2.43. The fourth-order valence-corrected chi connectivity index (χ4v) is 4.90. The van der Waals surface area contributed by atoms with Crippen LogP contribution in [-0.2, 0) is 22.4 Å². The van der Waals surface area contributed by atoms with Crippen molar-refractivity contribution < 1.29 is 19.4 Å². The largest absolute Gasteiger partial charge is 0.503 e. The second-order valence-electron chi connectivity index (χ2n) is 8.78. The summed E-state index contributed by atoms with van der Waals surface area (Å²) in [5.41, 5.74) is 3.62. The number of amides is 1. The van der Waals surface area contributed by atoms with E-state index in [1.807, 2.05) is 54.7 Å². The van der Waals surface area contributed by atoms with Gasteiger partial charge < -0.3 is 19.7 Å². The fourth-order valence-electron chi connectivity index (χ4n) is 4.77. The molecule has 4 aromatic rings. The first-order valence-corrected chi connectivity index (χ1v) is 12.0. The maximum atomic E-state index is 13.4. The molecule has 36 heavy (non-hydrogen) atoms. The molecule has 1 aliphatic rings. The van der Waals surface area contributed by atoms with Crippen LogP contribution in [0.15, 0.2) is 90.3 Å². The lowest BCUT2D eigenvalue weighted by molar-refractivity contribution is -0.129. The number of benzene rings is 3. The standard InChI is InChI=1S/C29H25ClN2O4/c1-36-22-11-12-24-23(16-22)20(17-31-24)13-14-32-27(19-7-9-21(30)10-8-19)26(28(34)29(32)35)25(33)15-18-5-3-2-4-6-18/h2-12,16-17,27,31,34H,13-15H2,1H3. The van der Waals surface area contributed by atoms with Crippen LogP contribution in [-0.4, -0.2) is 40.3 Å². The van der Waals surface area contributed by atoms with Gasteiger partial charge in [0, 0.05) is 35.1 Å². The Morgan fingerprint density at radius 1 is 1.08 bits per heavy atom. The molecule has 3 aromatic carbocycles. The second kappa shape index (κ2) is 9.91. The van der Waals surface area contributed by atoms with Crippen LogP contribution in [0.3, 0.4) is 0 Å². The van der Waals surface area contributed by atoms with Gasteiger partial charge in [-0.1, -0.05) is 54.1 Å². The van der Waals surface area contributed by atoms with Crippen molar-refractivity contribution in [2.45, 2.75) is 18.9 Å². The summed E-state index contributed by atoms with van der Waals surface area (Å²) in [7, 11) is 1.62. The van der Waals surface area contributed by atoms with Crippen molar-refractivity contribution in [2.24, 2.45) is 0 Å². The number of rotatable bonds is 8. The molecule has 5 rings (SSSR count). The molecule has 1 unspecified atom stereocenters. The van der Waals surface area contributed by atoms with Gasteiger partial charge in [0.1, 0.15) is 5.75 Å². The summed E-state index contributed by atoms with van der Waals surface area (Å²) in [4.78, 5) is 31.5. The number of H-pyrrole nitrogens is 1. The number of halogens is 1. The average molecular weight is 501 g/mol. The molecule has 6 nitrogen and oxygen atoms in total. The van der Waals surface area contributed by atoms with Crippen LogP contribution in [0.4, 0.5) is 0 Å². The quantitative estimate of drug-likeness (QED) is 0.331. The van der Waals surface area contributed by atoms with Gasteiger partial charge in [0.15, 0.2) is 11.5 Å². The number of carbonyl (C=O) groups excluding carboxylic acids is 2. The number of hydrogen-bond acceptors (Lipinski definition) is 4. The minimum atomic E-state index is -0.703. The number of aromatic nitrogens is 1. The molecule has 0 saturated heterocycles. The average Bonchev–Trinajstić information content (AvgIpc) is 3.41. The van der Waals surface area contributed by atoms with E-state index < -0.39 is 17.7 Å². The molecule has 0 spiro atoms. The summed E-state index contributed by atoms with van der Waals surface area (Å²) in [5.74, 6) is -0.584. The first-order chi connectivity index (χ1) is 17.5. The number of ketones is 1. The van der Waals surface area contributed by atoms with Gasteiger partial charge in [-0.2, -0.15) is 0 Å². The van der Waals surface area contributed by atoms with E-state index in [4.69, 9.17) is 16.3 Å². The Morgan fingerprint density at radius 2 is 1.83 bits per heavy atom. The fraction of sp³-hybridized carbons (Fsp3) is 0.172. The molecule has 1 aromatic heterocycles. The first kappa shape index (κ1) is 23.7. The van der Waals surface area contributed by atoms with Gasteiger partial charge in [-0.25, -0.2) is 0 Å². The molecule has 2 heterocycles. The zero-order valence-corrected chi connectivity index (χ0v) is 20.5. The number of fused-ring (bicyclic) bond motifs is 1. The highest BCUT2D eigenvalue weighted by Crippen LogP contribution is 2.39. The summed E-state index contributed by atoms with van der Waals surface area (Å²) >= 11 is 6.10. The van der Waals surface area contributed by atoms with Crippen molar-refractivity contribution in [3.05, 3.63) is 112 Å². The highest BCUT2D eigenvalue weighted by atomic mass is 35.5. The third kappa shape index (κ3) is 4.48. The normalized spacial score (nSPS) is 15.7. The zero-order chi connectivity index (χ0) is 25.2. The molecule has 0 saturated carbocycles. The second-order valence-corrected chi connectivity index (χ2v) is 9.21. The van der Waals surface area contributed by atoms with Crippen LogP contribution < -0.4 is 4.74 Å². The van der Waals surface area contributed by atoms with Gasteiger partial charge in [-0.15, -0.1) is 0 Å². The number of aromatic amines is 1. The topological polar surface area (TPSA) is 82.6 Å². The number of Topliss-reactive ketones (excluding diaryl/α,β-unsaturated/α-hetero) is 1. The Kier molecular flexibility index (Phi) is 6.53. The molecular formula is C29H25ClN2O4. The van der Waals surface area contributed by atoms with Crippen LogP contribution >= 0.6 is 11.6 Å². The molecule has 2 N–H and O–H groups in total. The van der Waals surface area contributed by atoms with Crippen LogP contribution in [0.1, 0.15) is 22.7 Å². The van der Waals surface area contributed by atoms with Crippen LogP contribution in [0.2, 0.25) is 5.02 Å². The van der Waals surface area contributed by atoms with E-state index in [9.17, 15) is 14.7 Å². The lowest BCUT2D eigenvalue weighted by atomic mass is 9.93. The maximum Gasteiger partial charge on any atom is 0.290 e. The van der Waals surface area contributed by atoms with Crippen LogP contribution in [0.25, 0.3) is 10.9 Å². The van der Waals surface area contributed by atoms with Gasteiger partial charge in [0.25, 0.3) is 5.91 Å².